The molecule has 4 heteroatoms. The highest BCUT2D eigenvalue weighted by Crippen LogP contribution is 2.20. The number of benzene rings is 2. The molecule has 0 saturated heterocycles. The molecule has 0 radical (unpaired) electrons. The Morgan fingerprint density at radius 1 is 1.17 bits per heavy atom. The van der Waals surface area contributed by atoms with Crippen LogP contribution in [0.2, 0.25) is 5.02 Å². The van der Waals surface area contributed by atoms with Gasteiger partial charge in [0, 0.05) is 34.7 Å². The largest absolute Gasteiger partial charge is 0.387 e. The molecule has 3 N–H and O–H groups in total. The number of para-hydroxylation sites is 1. The molecule has 120 valence electrons. The van der Waals surface area contributed by atoms with Crippen LogP contribution in [0.5, 0.6) is 0 Å². The van der Waals surface area contributed by atoms with Crippen LogP contribution in [0.4, 0.5) is 0 Å². The van der Waals surface area contributed by atoms with Gasteiger partial charge < -0.3 is 15.4 Å². The van der Waals surface area contributed by atoms with Crippen LogP contribution in [0.1, 0.15) is 24.2 Å². The van der Waals surface area contributed by atoms with Crippen molar-refractivity contribution in [1.82, 2.24) is 10.3 Å². The van der Waals surface area contributed by atoms with E-state index in [4.69, 9.17) is 11.6 Å². The Morgan fingerprint density at radius 3 is 2.83 bits per heavy atom. The molecular weight excluding hydrogens is 308 g/mol. The maximum Gasteiger partial charge on any atom is 0.0914 e. The highest BCUT2D eigenvalue weighted by molar-refractivity contribution is 6.30. The fourth-order valence-corrected chi connectivity index (χ4v) is 3.05. The molecule has 0 fully saturated rings. The van der Waals surface area contributed by atoms with Gasteiger partial charge in [-0.05, 0) is 42.7 Å². The molecule has 3 nitrogen and oxygen atoms in total. The highest BCUT2D eigenvalue weighted by atomic mass is 35.5. The molecule has 23 heavy (non-hydrogen) atoms. The summed E-state index contributed by atoms with van der Waals surface area (Å²) in [4.78, 5) is 3.30. The summed E-state index contributed by atoms with van der Waals surface area (Å²) < 4.78 is 0. The smallest absolute Gasteiger partial charge is 0.0914 e. The second-order valence-corrected chi connectivity index (χ2v) is 6.38. The maximum absolute atomic E-state index is 10.3. The van der Waals surface area contributed by atoms with Crippen LogP contribution in [0.15, 0.2) is 54.7 Å². The minimum atomic E-state index is -0.556. The van der Waals surface area contributed by atoms with E-state index in [9.17, 15) is 5.11 Å². The number of H-pyrrole nitrogens is 1. The molecule has 0 aliphatic heterocycles. The number of fused-ring (bicyclic) bond motifs is 1. The van der Waals surface area contributed by atoms with E-state index in [-0.39, 0.29) is 6.04 Å². The van der Waals surface area contributed by atoms with E-state index < -0.39 is 6.10 Å². The average Bonchev–Trinajstić information content (AvgIpc) is 2.96. The van der Waals surface area contributed by atoms with Crippen molar-refractivity contribution in [1.29, 1.82) is 0 Å². The molecule has 2 atom stereocenters. The van der Waals surface area contributed by atoms with E-state index in [2.05, 4.69) is 41.6 Å². The van der Waals surface area contributed by atoms with E-state index in [1.807, 2.05) is 24.3 Å². The number of nitrogens with one attached hydrogen (secondary N) is 2. The molecular formula is C19H21ClN2O. The number of halogens is 1. The summed E-state index contributed by atoms with van der Waals surface area (Å²) >= 11 is 5.97. The zero-order chi connectivity index (χ0) is 16.2. The molecule has 3 aromatic rings. The fraction of sp³-hybridized carbons (Fsp3) is 0.263. The number of aromatic amines is 1. The molecule has 0 bridgehead atoms. The Bertz CT molecular complexity index is 784. The number of rotatable bonds is 6. The summed E-state index contributed by atoms with van der Waals surface area (Å²) in [5.41, 5.74) is 3.29. The van der Waals surface area contributed by atoms with Crippen LogP contribution in [0.3, 0.4) is 0 Å². The summed E-state index contributed by atoms with van der Waals surface area (Å²) in [5, 5.41) is 15.6. The summed E-state index contributed by atoms with van der Waals surface area (Å²) in [7, 11) is 0. The summed E-state index contributed by atoms with van der Waals surface area (Å²) in [6.45, 7) is 2.64. The van der Waals surface area contributed by atoms with Crippen LogP contribution in [-0.2, 0) is 6.42 Å². The van der Waals surface area contributed by atoms with Crippen molar-refractivity contribution in [2.75, 3.05) is 6.54 Å². The Balaban J connectivity index is 1.58. The quantitative estimate of drug-likeness (QED) is 0.638. The van der Waals surface area contributed by atoms with Crippen LogP contribution < -0.4 is 5.32 Å². The first kappa shape index (κ1) is 16.1. The van der Waals surface area contributed by atoms with Crippen molar-refractivity contribution in [2.45, 2.75) is 25.5 Å². The van der Waals surface area contributed by atoms with Gasteiger partial charge in [0.15, 0.2) is 0 Å². The van der Waals surface area contributed by atoms with Gasteiger partial charge in [-0.3, -0.25) is 0 Å². The van der Waals surface area contributed by atoms with Crippen LogP contribution in [0, 0.1) is 0 Å². The van der Waals surface area contributed by atoms with E-state index in [1.54, 1.807) is 6.07 Å². The standard InChI is InChI=1S/C19H21ClN2O/c1-13(9-15-11-22-18-8-3-2-7-17(15)18)21-12-19(23)14-5-4-6-16(20)10-14/h2-8,10-11,13,19,21-23H,9,12H2,1H3/t13-,19+/m1/s1. The molecule has 0 aliphatic carbocycles. The minimum Gasteiger partial charge on any atom is -0.387 e. The minimum absolute atomic E-state index is 0.267. The molecule has 2 aromatic carbocycles. The molecule has 1 aromatic heterocycles. The second-order valence-electron chi connectivity index (χ2n) is 5.94. The van der Waals surface area contributed by atoms with Crippen molar-refractivity contribution < 1.29 is 5.11 Å². The van der Waals surface area contributed by atoms with Crippen LogP contribution in [-0.4, -0.2) is 22.7 Å². The van der Waals surface area contributed by atoms with Crippen molar-refractivity contribution >= 4 is 22.5 Å². The van der Waals surface area contributed by atoms with Gasteiger partial charge in [0.25, 0.3) is 0 Å². The van der Waals surface area contributed by atoms with Crippen LogP contribution in [0.25, 0.3) is 10.9 Å². The molecule has 0 spiro atoms. The lowest BCUT2D eigenvalue weighted by atomic mass is 10.1. The number of aromatic nitrogens is 1. The van der Waals surface area contributed by atoms with Gasteiger partial charge in [-0.2, -0.15) is 0 Å². The number of hydrogen-bond acceptors (Lipinski definition) is 2. The Morgan fingerprint density at radius 2 is 2.00 bits per heavy atom. The Kier molecular flexibility index (Phi) is 5.01. The zero-order valence-corrected chi connectivity index (χ0v) is 13.8. The third kappa shape index (κ3) is 3.94. The highest BCUT2D eigenvalue weighted by Gasteiger charge is 2.12. The predicted octanol–water partition coefficient (Wildman–Crippen LogP) is 4.08. The van der Waals surface area contributed by atoms with Crippen molar-refractivity contribution in [3.63, 3.8) is 0 Å². The first-order chi connectivity index (χ1) is 11.1. The summed E-state index contributed by atoms with van der Waals surface area (Å²) in [6.07, 6.45) is 2.42. The third-order valence-electron chi connectivity index (χ3n) is 4.09. The van der Waals surface area contributed by atoms with Gasteiger partial charge in [-0.25, -0.2) is 0 Å². The number of aliphatic hydroxyl groups excluding tert-OH is 1. The zero-order valence-electron chi connectivity index (χ0n) is 13.1. The van der Waals surface area contributed by atoms with Gasteiger partial charge in [-0.1, -0.05) is 41.9 Å². The summed E-state index contributed by atoms with van der Waals surface area (Å²) in [5.74, 6) is 0. The van der Waals surface area contributed by atoms with E-state index >= 15 is 0 Å². The average molecular weight is 329 g/mol. The van der Waals surface area contributed by atoms with Crippen molar-refractivity contribution in [3.05, 3.63) is 70.9 Å². The number of hydrogen-bond donors (Lipinski definition) is 3. The number of aliphatic hydroxyl groups is 1. The SMILES string of the molecule is C[C@H](Cc1c[nH]c2ccccc12)NC[C@H](O)c1cccc(Cl)c1. The Labute approximate surface area is 141 Å². The first-order valence-electron chi connectivity index (χ1n) is 7.85. The monoisotopic (exact) mass is 328 g/mol. The Hall–Kier alpha value is -1.81. The molecule has 0 aliphatic rings. The fourth-order valence-electron chi connectivity index (χ4n) is 2.85. The first-order valence-corrected chi connectivity index (χ1v) is 8.23. The van der Waals surface area contributed by atoms with E-state index in [1.165, 1.54) is 10.9 Å². The van der Waals surface area contributed by atoms with Crippen LogP contribution >= 0.6 is 11.6 Å². The van der Waals surface area contributed by atoms with E-state index in [0.29, 0.717) is 11.6 Å². The molecule has 1 heterocycles. The van der Waals surface area contributed by atoms with E-state index in [0.717, 1.165) is 17.5 Å². The molecule has 0 unspecified atom stereocenters. The van der Waals surface area contributed by atoms with Gasteiger partial charge in [0.05, 0.1) is 6.10 Å². The molecule has 0 saturated carbocycles. The maximum atomic E-state index is 10.3. The van der Waals surface area contributed by atoms with Crippen molar-refractivity contribution in [3.8, 4) is 0 Å². The lowest BCUT2D eigenvalue weighted by molar-refractivity contribution is 0.170. The van der Waals surface area contributed by atoms with Gasteiger partial charge >= 0.3 is 0 Å². The van der Waals surface area contributed by atoms with Gasteiger partial charge in [-0.15, -0.1) is 0 Å². The lowest BCUT2D eigenvalue weighted by Gasteiger charge is -2.17. The second kappa shape index (κ2) is 7.18. The van der Waals surface area contributed by atoms with Gasteiger partial charge in [0.1, 0.15) is 0 Å². The lowest BCUT2D eigenvalue weighted by Crippen LogP contribution is -2.32. The summed E-state index contributed by atoms with van der Waals surface area (Å²) in [6, 6.07) is 15.9. The predicted molar refractivity (Wildman–Crippen MR) is 95.9 cm³/mol. The normalized spacial score (nSPS) is 14.0. The molecule has 0 amide bonds. The topological polar surface area (TPSA) is 48.0 Å². The third-order valence-corrected chi connectivity index (χ3v) is 4.33. The molecule has 3 rings (SSSR count). The van der Waals surface area contributed by atoms with Crippen molar-refractivity contribution in [2.24, 2.45) is 0 Å². The van der Waals surface area contributed by atoms with Gasteiger partial charge in [0.2, 0.25) is 0 Å².